The average Bonchev–Trinajstić information content (AvgIpc) is 2.28. The monoisotopic (exact) mass is 230 g/mol. The molecule has 4 nitrogen and oxygen atoms in total. The van der Waals surface area contributed by atoms with Gasteiger partial charge in [-0.15, -0.1) is 0 Å². The number of hydrogen-bond acceptors (Lipinski definition) is 4. The molecule has 0 aliphatic heterocycles. The Morgan fingerprint density at radius 2 is 1.81 bits per heavy atom. The lowest BCUT2D eigenvalue weighted by molar-refractivity contribution is -0.139. The Kier molecular flexibility index (Phi) is 10.1. The zero-order chi connectivity index (χ0) is 12.2. The zero-order valence-corrected chi connectivity index (χ0v) is 10.3. The van der Waals surface area contributed by atoms with Gasteiger partial charge in [-0.2, -0.15) is 0 Å². The third-order valence-electron chi connectivity index (χ3n) is 1.85. The van der Waals surface area contributed by atoms with Gasteiger partial charge in [-0.25, -0.2) is 4.79 Å². The van der Waals surface area contributed by atoms with Gasteiger partial charge in [0.2, 0.25) is 0 Å². The third-order valence-corrected chi connectivity index (χ3v) is 1.85. The lowest BCUT2D eigenvalue weighted by atomic mass is 10.3. The van der Waals surface area contributed by atoms with E-state index in [0.717, 1.165) is 19.4 Å². The van der Waals surface area contributed by atoms with Gasteiger partial charge in [0.05, 0.1) is 32.0 Å². The van der Waals surface area contributed by atoms with E-state index in [-0.39, 0.29) is 6.61 Å². The van der Waals surface area contributed by atoms with Crippen LogP contribution in [0.1, 0.15) is 26.7 Å². The molecular weight excluding hydrogens is 208 g/mol. The molecule has 16 heavy (non-hydrogen) atoms. The molecule has 0 unspecified atom stereocenters. The SMILES string of the molecule is C=C(COCCOCCCC)C(=O)OCC. The van der Waals surface area contributed by atoms with Crippen molar-refractivity contribution in [2.75, 3.05) is 33.0 Å². The highest BCUT2D eigenvalue weighted by atomic mass is 16.5. The summed E-state index contributed by atoms with van der Waals surface area (Å²) in [6.45, 7) is 9.80. The summed E-state index contributed by atoms with van der Waals surface area (Å²) in [4.78, 5) is 11.1. The average molecular weight is 230 g/mol. The highest BCUT2D eigenvalue weighted by Crippen LogP contribution is 1.96. The van der Waals surface area contributed by atoms with Crippen LogP contribution in [-0.2, 0) is 19.0 Å². The summed E-state index contributed by atoms with van der Waals surface area (Å²) in [6, 6.07) is 0. The molecule has 0 atom stereocenters. The van der Waals surface area contributed by atoms with E-state index in [1.54, 1.807) is 6.92 Å². The Hall–Kier alpha value is -0.870. The van der Waals surface area contributed by atoms with Crippen LogP contribution < -0.4 is 0 Å². The van der Waals surface area contributed by atoms with E-state index < -0.39 is 5.97 Å². The van der Waals surface area contributed by atoms with Crippen LogP contribution in [0.2, 0.25) is 0 Å². The first-order valence-electron chi connectivity index (χ1n) is 5.72. The fourth-order valence-corrected chi connectivity index (χ4v) is 0.954. The van der Waals surface area contributed by atoms with Gasteiger partial charge in [0, 0.05) is 6.61 Å². The van der Waals surface area contributed by atoms with Gasteiger partial charge >= 0.3 is 5.97 Å². The first kappa shape index (κ1) is 15.1. The second-order valence-electron chi connectivity index (χ2n) is 3.34. The minimum absolute atomic E-state index is 0.204. The van der Waals surface area contributed by atoms with Crippen molar-refractivity contribution in [3.05, 3.63) is 12.2 Å². The van der Waals surface area contributed by atoms with Gasteiger partial charge in [0.15, 0.2) is 0 Å². The van der Waals surface area contributed by atoms with Crippen LogP contribution in [0.4, 0.5) is 0 Å². The van der Waals surface area contributed by atoms with Crippen molar-refractivity contribution in [2.24, 2.45) is 0 Å². The van der Waals surface area contributed by atoms with E-state index >= 15 is 0 Å². The Morgan fingerprint density at radius 3 is 2.44 bits per heavy atom. The molecule has 0 spiro atoms. The highest BCUT2D eigenvalue weighted by Gasteiger charge is 2.06. The summed E-state index contributed by atoms with van der Waals surface area (Å²) in [7, 11) is 0. The van der Waals surface area contributed by atoms with Crippen molar-refractivity contribution in [2.45, 2.75) is 26.7 Å². The summed E-state index contributed by atoms with van der Waals surface area (Å²) < 4.78 is 15.3. The Bertz CT molecular complexity index is 201. The van der Waals surface area contributed by atoms with Crippen LogP contribution >= 0.6 is 0 Å². The second kappa shape index (κ2) is 10.6. The minimum atomic E-state index is -0.394. The summed E-state index contributed by atoms with van der Waals surface area (Å²) >= 11 is 0. The maximum absolute atomic E-state index is 11.1. The lowest BCUT2D eigenvalue weighted by Gasteiger charge is -2.07. The number of esters is 1. The predicted octanol–water partition coefficient (Wildman–Crippen LogP) is 1.94. The summed E-state index contributed by atoms with van der Waals surface area (Å²) in [6.07, 6.45) is 2.19. The van der Waals surface area contributed by atoms with Crippen molar-refractivity contribution in [1.82, 2.24) is 0 Å². The van der Waals surface area contributed by atoms with Gasteiger partial charge in [0.25, 0.3) is 0 Å². The van der Waals surface area contributed by atoms with Crippen molar-refractivity contribution >= 4 is 5.97 Å². The first-order valence-corrected chi connectivity index (χ1v) is 5.72. The molecule has 0 N–H and O–H groups in total. The smallest absolute Gasteiger partial charge is 0.335 e. The molecule has 4 heteroatoms. The van der Waals surface area contributed by atoms with E-state index in [0.29, 0.717) is 25.4 Å². The molecule has 0 aliphatic carbocycles. The normalized spacial score (nSPS) is 10.1. The Labute approximate surface area is 97.6 Å². The Balaban J connectivity index is 3.31. The van der Waals surface area contributed by atoms with Crippen LogP contribution in [-0.4, -0.2) is 39.0 Å². The lowest BCUT2D eigenvalue weighted by Crippen LogP contribution is -2.13. The molecule has 0 aromatic carbocycles. The summed E-state index contributed by atoms with van der Waals surface area (Å²) in [5.74, 6) is -0.394. The maximum Gasteiger partial charge on any atom is 0.335 e. The molecule has 0 bridgehead atoms. The molecule has 0 amide bonds. The van der Waals surface area contributed by atoms with Gasteiger partial charge in [-0.05, 0) is 13.3 Å². The number of ether oxygens (including phenoxy) is 3. The van der Waals surface area contributed by atoms with E-state index in [1.165, 1.54) is 0 Å². The predicted molar refractivity (Wildman–Crippen MR) is 62.3 cm³/mol. The molecule has 0 heterocycles. The molecule has 0 saturated carbocycles. The molecule has 0 aromatic heterocycles. The molecule has 0 radical (unpaired) electrons. The minimum Gasteiger partial charge on any atom is -0.463 e. The van der Waals surface area contributed by atoms with Crippen molar-refractivity contribution in [1.29, 1.82) is 0 Å². The molecule has 0 rings (SSSR count). The Morgan fingerprint density at radius 1 is 1.12 bits per heavy atom. The fraction of sp³-hybridized carbons (Fsp3) is 0.750. The fourth-order valence-electron chi connectivity index (χ4n) is 0.954. The molecule has 94 valence electrons. The van der Waals surface area contributed by atoms with Gasteiger partial charge < -0.3 is 14.2 Å². The van der Waals surface area contributed by atoms with E-state index in [1.807, 2.05) is 0 Å². The zero-order valence-electron chi connectivity index (χ0n) is 10.3. The largest absolute Gasteiger partial charge is 0.463 e. The molecule has 0 aliphatic rings. The first-order chi connectivity index (χ1) is 7.72. The van der Waals surface area contributed by atoms with Crippen LogP contribution in [0.3, 0.4) is 0 Å². The van der Waals surface area contributed by atoms with Gasteiger partial charge in [0.1, 0.15) is 0 Å². The number of carbonyl (C=O) groups is 1. The van der Waals surface area contributed by atoms with E-state index in [9.17, 15) is 4.79 Å². The number of hydrogen-bond donors (Lipinski definition) is 0. The highest BCUT2D eigenvalue weighted by molar-refractivity contribution is 5.87. The van der Waals surface area contributed by atoms with Crippen LogP contribution in [0.15, 0.2) is 12.2 Å². The second-order valence-corrected chi connectivity index (χ2v) is 3.34. The standard InChI is InChI=1S/C12H22O4/c1-4-6-7-14-8-9-15-10-11(3)12(13)16-5-2/h3-10H2,1-2H3. The molecular formula is C12H22O4. The number of rotatable bonds is 10. The van der Waals surface area contributed by atoms with E-state index in [2.05, 4.69) is 13.5 Å². The quantitative estimate of drug-likeness (QED) is 0.327. The molecule has 0 saturated heterocycles. The molecule has 0 fully saturated rings. The summed E-state index contributed by atoms with van der Waals surface area (Å²) in [5, 5.41) is 0. The summed E-state index contributed by atoms with van der Waals surface area (Å²) in [5.41, 5.74) is 0.343. The van der Waals surface area contributed by atoms with Crippen LogP contribution in [0, 0.1) is 0 Å². The maximum atomic E-state index is 11.1. The van der Waals surface area contributed by atoms with Gasteiger partial charge in [-0.3, -0.25) is 0 Å². The number of unbranched alkanes of at least 4 members (excludes halogenated alkanes) is 1. The van der Waals surface area contributed by atoms with E-state index in [4.69, 9.17) is 14.2 Å². The van der Waals surface area contributed by atoms with Crippen LogP contribution in [0.5, 0.6) is 0 Å². The number of carbonyl (C=O) groups excluding carboxylic acids is 1. The van der Waals surface area contributed by atoms with Crippen molar-refractivity contribution in [3.63, 3.8) is 0 Å². The third kappa shape index (κ3) is 8.44. The van der Waals surface area contributed by atoms with Crippen molar-refractivity contribution < 1.29 is 19.0 Å². The van der Waals surface area contributed by atoms with Crippen molar-refractivity contribution in [3.8, 4) is 0 Å². The molecule has 0 aromatic rings. The van der Waals surface area contributed by atoms with Gasteiger partial charge in [-0.1, -0.05) is 19.9 Å². The van der Waals surface area contributed by atoms with Crippen LogP contribution in [0.25, 0.3) is 0 Å². The topological polar surface area (TPSA) is 44.8 Å².